The van der Waals surface area contributed by atoms with Gasteiger partial charge >= 0.3 is 18.0 Å². The van der Waals surface area contributed by atoms with E-state index >= 15 is 4.39 Å². The SMILES string of the molecule is CCC1(O)C(=O)OCc2c1cc1n(c2=O)Cc2c-1nc1cc(F)c(C)c3c1c2C(NC(=O)OCc1ccc(OC2OC(C(=O)O)C(O)C(O)C2O)c(CNC(=O)CCNC(=O)C(CNC(=O)CCOCCOCCOCCOCCOCCOCCOCCOCCOCCOCCOCCOC)NC(=O)C2CC4(CCN(C(=O)CCCCC(=O)N5Cc6ccccc6-c6n[nH]nc6-c6ccccc65)CC4)C2)c1)CC3. The number of aromatic amines is 1. The van der Waals surface area contributed by atoms with Gasteiger partial charge in [-0.05, 0) is 122 Å². The van der Waals surface area contributed by atoms with Crippen molar-refractivity contribution < 1.29 is 149 Å². The molecular formula is C101H131FN12O31. The molecule has 43 nitrogen and oxygen atoms in total. The Kier molecular flexibility index (Phi) is 40.4. The minimum atomic E-state index is -2.13. The predicted molar refractivity (Wildman–Crippen MR) is 513 cm³/mol. The van der Waals surface area contributed by atoms with Gasteiger partial charge in [0.05, 0.1) is 199 Å². The maximum Gasteiger partial charge on any atom is 0.407 e. The maximum absolute atomic E-state index is 15.8. The standard InChI is InChI=1S/C101H131FN12O31/c1-4-101(129)72-52-78-86-70(59-114(78)95(124)71(72)61-142-98(101)127)85-74(19-18-67-62(2)73(102)53-75(106-86)84(67)85)108-99(128)143-60-63-17-20-79(144-97-91(121)89(119)90(120)92(145-97)96(125)126)65(51-63)56-104-80(115)21-25-103-94(123)76(57-105-81(116)22-28-131-31-32-133-35-36-135-39-40-137-43-44-139-47-48-141-50-49-140-46-45-138-42-41-136-38-37-134-34-33-132-30-29-130-3)107-93(122)66-54-100(55-66)23-26-112(27-24-100)82(117)15-9-10-16-83(118)113-58-64-11-5-6-12-68(64)87-88(110-111-109-87)69-13-7-8-14-77(69)113/h5-8,11-14,17,20,51-53,66,74,76,89-92,97,119-121,129H,4,9-10,15-16,18-19,21-50,54-61H2,1-3H3,(H,103,123)(H,104,115)(H,105,116)(H,107,122)(H,108,128)(H,125,126)(H,109,110,111). The number of ether oxygens (including phenoxy) is 16. The van der Waals surface area contributed by atoms with Gasteiger partial charge in [0.15, 0.2) is 11.7 Å². The molecule has 7 amide bonds. The number of nitrogens with one attached hydrogen (secondary N) is 6. The second kappa shape index (κ2) is 53.7. The van der Waals surface area contributed by atoms with E-state index in [0.29, 0.717) is 235 Å². The van der Waals surface area contributed by atoms with Gasteiger partial charge < -0.3 is 142 Å². The molecule has 2 aliphatic carbocycles. The third kappa shape index (κ3) is 28.5. The number of carboxylic acids is 1. The largest absolute Gasteiger partial charge is 0.479 e. The Labute approximate surface area is 836 Å². The average Bonchev–Trinajstić information content (AvgIpc) is 1.56. The molecule has 7 aromatic rings. The molecule has 5 aliphatic heterocycles. The Morgan fingerprint density at radius 2 is 1.21 bits per heavy atom. The number of para-hydroxylation sites is 1. The van der Waals surface area contributed by atoms with E-state index in [1.165, 1.54) is 34.9 Å². The number of aryl methyl sites for hydroxylation is 1. The summed E-state index contributed by atoms with van der Waals surface area (Å²) >= 11 is 0. The first-order chi connectivity index (χ1) is 70.4. The zero-order valence-electron chi connectivity index (χ0n) is 81.9. The highest BCUT2D eigenvalue weighted by Crippen LogP contribution is 2.53. The number of likely N-dealkylation sites (tertiary alicyclic amines) is 1. The highest BCUT2D eigenvalue weighted by Gasteiger charge is 2.52. The number of cyclic esters (lactones) is 1. The Bertz CT molecular complexity index is 5660. The first-order valence-corrected chi connectivity index (χ1v) is 49.4. The molecule has 0 bridgehead atoms. The van der Waals surface area contributed by atoms with Gasteiger partial charge in [-0.3, -0.25) is 33.6 Å². The number of piperidine rings is 1. The number of H-pyrrole nitrogens is 1. The number of hydrogen-bond acceptors (Lipinski definition) is 33. The van der Waals surface area contributed by atoms with Crippen LogP contribution < -0.4 is 41.8 Å². The van der Waals surface area contributed by atoms with E-state index in [-0.39, 0.29) is 154 Å². The van der Waals surface area contributed by atoms with E-state index in [1.807, 2.05) is 53.4 Å². The lowest BCUT2D eigenvalue weighted by molar-refractivity contribution is -0.271. The Hall–Kier alpha value is -11.5. The number of aliphatic hydroxyl groups excluding tert-OH is 3. The number of nitrogens with zero attached hydrogens (tertiary/aromatic N) is 6. The number of esters is 1. The number of carbonyl (C=O) groups is 9. The van der Waals surface area contributed by atoms with Crippen LogP contribution in [0.4, 0.5) is 14.9 Å². The van der Waals surface area contributed by atoms with Crippen LogP contribution in [0.25, 0.3) is 44.8 Å². The number of aromatic nitrogens is 5. The topological polar surface area (TPSA) is 546 Å². The molecule has 145 heavy (non-hydrogen) atoms. The monoisotopic (exact) mass is 2030 g/mol. The molecule has 8 atom stereocenters. The number of alkyl carbamates (subject to hydrolysis) is 1. The van der Waals surface area contributed by atoms with E-state index in [0.717, 1.165) is 22.4 Å². The van der Waals surface area contributed by atoms with Crippen LogP contribution in [-0.2, 0) is 154 Å². The second-order valence-corrected chi connectivity index (χ2v) is 36.4. The summed E-state index contributed by atoms with van der Waals surface area (Å²) in [7, 11) is 1.62. The number of fused-ring (bicyclic) bond motifs is 10. The van der Waals surface area contributed by atoms with Crippen molar-refractivity contribution in [2.75, 3.05) is 190 Å². The number of aliphatic hydroxyl groups is 4. The van der Waals surface area contributed by atoms with E-state index in [2.05, 4.69) is 42.0 Å². The molecule has 14 rings (SSSR count). The number of anilines is 1. The quantitative estimate of drug-likeness (QED) is 0.0188. The molecule has 11 N–H and O–H groups in total. The summed E-state index contributed by atoms with van der Waals surface area (Å²) in [5.74, 6) is -6.21. The molecule has 0 radical (unpaired) electrons. The number of carboxylic acid groups (broad SMARTS) is 1. The summed E-state index contributed by atoms with van der Waals surface area (Å²) in [5.41, 5.74) is 5.23. The lowest BCUT2D eigenvalue weighted by Crippen LogP contribution is -2.61. The van der Waals surface area contributed by atoms with E-state index in [9.17, 15) is 73.5 Å². The first kappa shape index (κ1) is 109. The van der Waals surface area contributed by atoms with Crippen molar-refractivity contribution in [2.24, 2.45) is 11.3 Å². The van der Waals surface area contributed by atoms with Crippen LogP contribution >= 0.6 is 0 Å². The number of benzene rings is 4. The number of aliphatic carboxylic acids is 1. The van der Waals surface area contributed by atoms with Crippen LogP contribution in [0.15, 0.2) is 83.7 Å². The highest BCUT2D eigenvalue weighted by atomic mass is 19.1. The van der Waals surface area contributed by atoms with Gasteiger partial charge in [0.2, 0.25) is 41.7 Å². The second-order valence-electron chi connectivity index (χ2n) is 36.4. The molecular weight excluding hydrogens is 1900 g/mol. The van der Waals surface area contributed by atoms with Crippen molar-refractivity contribution in [3.05, 3.63) is 145 Å². The highest BCUT2D eigenvalue weighted by molar-refractivity contribution is 6.00. The van der Waals surface area contributed by atoms with Crippen LogP contribution in [0.3, 0.4) is 0 Å². The Morgan fingerprint density at radius 1 is 0.628 bits per heavy atom. The molecule has 2 saturated heterocycles. The lowest BCUT2D eigenvalue weighted by Gasteiger charge is -2.51. The van der Waals surface area contributed by atoms with Gasteiger partial charge in [0, 0.05) is 111 Å². The Morgan fingerprint density at radius 3 is 1.82 bits per heavy atom. The molecule has 788 valence electrons. The average molecular weight is 2030 g/mol. The van der Waals surface area contributed by atoms with Crippen LogP contribution in [0.2, 0.25) is 0 Å². The smallest absolute Gasteiger partial charge is 0.407 e. The van der Waals surface area contributed by atoms with Crippen molar-refractivity contribution in [1.82, 2.24) is 56.4 Å². The summed E-state index contributed by atoms with van der Waals surface area (Å²) in [4.78, 5) is 146. The number of rotatable bonds is 58. The molecule has 4 aromatic carbocycles. The molecule has 8 heterocycles. The van der Waals surface area contributed by atoms with Gasteiger partial charge in [0.1, 0.15) is 60.5 Å². The van der Waals surface area contributed by atoms with Crippen molar-refractivity contribution in [3.8, 4) is 39.7 Å². The number of pyridine rings is 2. The molecule has 3 aromatic heterocycles. The zero-order valence-corrected chi connectivity index (χ0v) is 81.9. The summed E-state index contributed by atoms with van der Waals surface area (Å²) in [6.45, 7) is 11.5. The van der Waals surface area contributed by atoms with Crippen molar-refractivity contribution >= 4 is 70.1 Å². The molecule has 8 unspecified atom stereocenters. The van der Waals surface area contributed by atoms with Gasteiger partial charge in [-0.25, -0.2) is 23.8 Å². The minimum Gasteiger partial charge on any atom is -0.479 e. The van der Waals surface area contributed by atoms with Crippen LogP contribution in [0, 0.1) is 24.1 Å². The minimum absolute atomic E-state index is 0.0136. The van der Waals surface area contributed by atoms with Crippen molar-refractivity contribution in [3.63, 3.8) is 0 Å². The van der Waals surface area contributed by atoms with E-state index < -0.39 is 114 Å². The number of halogens is 1. The molecule has 7 aliphatic rings. The number of amides is 7. The van der Waals surface area contributed by atoms with Gasteiger partial charge in [-0.1, -0.05) is 55.5 Å². The summed E-state index contributed by atoms with van der Waals surface area (Å²) < 4.78 is 106. The molecule has 3 fully saturated rings. The molecule has 44 heteroatoms. The normalized spacial score (nSPS) is 19.2. The number of unbranched alkanes of at least 4 members (excludes halogenated alkanes) is 1. The summed E-state index contributed by atoms with van der Waals surface area (Å²) in [5, 5.41) is 80.0. The predicted octanol–water partition coefficient (Wildman–Crippen LogP) is 4.23. The number of methoxy groups -OCH3 is 1. The van der Waals surface area contributed by atoms with Gasteiger partial charge in [0.25, 0.3) is 5.56 Å². The summed E-state index contributed by atoms with van der Waals surface area (Å²) in [6, 6.07) is 20.3. The fraction of sp³-hybridized carbons (Fsp3) is 0.574. The van der Waals surface area contributed by atoms with E-state index in [1.54, 1.807) is 25.9 Å². The fourth-order valence-corrected chi connectivity index (χ4v) is 18.9. The van der Waals surface area contributed by atoms with Crippen LogP contribution in [0.1, 0.15) is 140 Å². The van der Waals surface area contributed by atoms with Crippen molar-refractivity contribution in [1.29, 1.82) is 0 Å². The van der Waals surface area contributed by atoms with Gasteiger partial charge in [-0.2, -0.15) is 15.4 Å². The van der Waals surface area contributed by atoms with E-state index in [4.69, 9.17) is 80.8 Å². The number of hydrogen-bond donors (Lipinski definition) is 11. The molecule has 1 saturated carbocycles. The summed E-state index contributed by atoms with van der Waals surface area (Å²) in [6.07, 6.45) is -7.36. The Balaban J connectivity index is 0.532. The van der Waals surface area contributed by atoms with Crippen LogP contribution in [0.5, 0.6) is 5.75 Å². The van der Waals surface area contributed by atoms with Crippen molar-refractivity contribution in [2.45, 2.75) is 179 Å². The third-order valence-corrected chi connectivity index (χ3v) is 26.9. The lowest BCUT2D eigenvalue weighted by atomic mass is 9.57. The number of carbonyl (C=O) groups excluding carboxylic acids is 8. The first-order valence-electron chi connectivity index (χ1n) is 49.4. The zero-order chi connectivity index (χ0) is 102. The molecule has 1 spiro atoms. The van der Waals surface area contributed by atoms with Crippen LogP contribution in [-0.4, -0.2) is 331 Å². The third-order valence-electron chi connectivity index (χ3n) is 26.9. The fourth-order valence-electron chi connectivity index (χ4n) is 18.9. The maximum atomic E-state index is 15.8. The van der Waals surface area contributed by atoms with Gasteiger partial charge in [-0.15, -0.1) is 0 Å².